The summed E-state index contributed by atoms with van der Waals surface area (Å²) in [6.07, 6.45) is -0.674. The third-order valence-corrected chi connectivity index (χ3v) is 1.63. The molecular formula is C8H14N2O4. The maximum Gasteiger partial charge on any atom is 0.412 e. The van der Waals surface area contributed by atoms with Crippen molar-refractivity contribution >= 4 is 12.0 Å². The molecule has 1 heterocycles. The molecule has 0 radical (unpaired) electrons. The van der Waals surface area contributed by atoms with Crippen molar-refractivity contribution in [3.63, 3.8) is 0 Å². The lowest BCUT2D eigenvalue weighted by atomic mass is 10.3. The van der Waals surface area contributed by atoms with E-state index in [0.717, 1.165) is 0 Å². The number of nitrogens with zero attached hydrogens (tertiary/aromatic N) is 1. The fourth-order valence-corrected chi connectivity index (χ4v) is 1.07. The van der Waals surface area contributed by atoms with Gasteiger partial charge in [0.25, 0.3) is 0 Å². The van der Waals surface area contributed by atoms with Crippen LogP contribution in [-0.2, 0) is 9.53 Å². The normalized spacial score (nSPS) is 17.6. The van der Waals surface area contributed by atoms with E-state index in [4.69, 9.17) is 0 Å². The highest BCUT2D eigenvalue weighted by Crippen LogP contribution is 2.07. The van der Waals surface area contributed by atoms with Crippen LogP contribution >= 0.6 is 0 Å². The molecule has 2 amide bonds. The topological polar surface area (TPSA) is 78.9 Å². The van der Waals surface area contributed by atoms with E-state index >= 15 is 0 Å². The Morgan fingerprint density at radius 2 is 2.29 bits per heavy atom. The van der Waals surface area contributed by atoms with E-state index in [9.17, 15) is 14.7 Å². The number of nitrogens with one attached hydrogen (secondary N) is 1. The highest BCUT2D eigenvalue weighted by atomic mass is 16.7. The lowest BCUT2D eigenvalue weighted by Crippen LogP contribution is -2.51. The number of amides is 2. The summed E-state index contributed by atoms with van der Waals surface area (Å²) in [5.41, 5.74) is 0. The van der Waals surface area contributed by atoms with Gasteiger partial charge in [0.1, 0.15) is 6.54 Å². The quantitative estimate of drug-likeness (QED) is 0.550. The summed E-state index contributed by atoms with van der Waals surface area (Å²) in [4.78, 5) is 23.5. The third kappa shape index (κ3) is 3.21. The highest BCUT2D eigenvalue weighted by molar-refractivity contribution is 5.83. The van der Waals surface area contributed by atoms with Gasteiger partial charge in [0, 0.05) is 26.9 Å². The molecule has 2 N–H and O–H groups in total. The van der Waals surface area contributed by atoms with Gasteiger partial charge in [-0.05, 0) is 0 Å². The molecule has 1 aliphatic heterocycles. The van der Waals surface area contributed by atoms with Crippen LogP contribution in [0.2, 0.25) is 0 Å². The number of rotatable bonds is 1. The molecule has 80 valence electrons. The minimum atomic E-state index is -1.51. The standard InChI is InChI=1S/C8H14N2O4/c1-8(2,13)14-7(12)10-4-3-9-6(11)5-10/h13H,3-5H2,1-2H3,(H,9,11). The summed E-state index contributed by atoms with van der Waals surface area (Å²) in [6.45, 7) is 3.51. The van der Waals surface area contributed by atoms with Gasteiger partial charge in [-0.15, -0.1) is 0 Å². The second kappa shape index (κ2) is 3.83. The van der Waals surface area contributed by atoms with Gasteiger partial charge in [-0.3, -0.25) is 9.69 Å². The number of carbonyl (C=O) groups excluding carboxylic acids is 2. The van der Waals surface area contributed by atoms with Gasteiger partial charge in [-0.2, -0.15) is 0 Å². The molecule has 0 aromatic rings. The van der Waals surface area contributed by atoms with Crippen molar-refractivity contribution in [2.24, 2.45) is 0 Å². The van der Waals surface area contributed by atoms with Gasteiger partial charge < -0.3 is 15.2 Å². The highest BCUT2D eigenvalue weighted by Gasteiger charge is 2.26. The number of hydrogen-bond acceptors (Lipinski definition) is 4. The first-order valence-electron chi connectivity index (χ1n) is 4.35. The van der Waals surface area contributed by atoms with E-state index in [0.29, 0.717) is 13.1 Å². The molecule has 1 rings (SSSR count). The first-order chi connectivity index (χ1) is 6.38. The molecule has 6 heteroatoms. The predicted octanol–water partition coefficient (Wildman–Crippen LogP) is -0.717. The molecule has 0 saturated carbocycles. The number of piperazine rings is 1. The summed E-state index contributed by atoms with van der Waals surface area (Å²) < 4.78 is 4.69. The van der Waals surface area contributed by atoms with Crippen LogP contribution in [0.3, 0.4) is 0 Å². The molecule has 0 aromatic carbocycles. The van der Waals surface area contributed by atoms with Crippen molar-refractivity contribution in [2.45, 2.75) is 19.6 Å². The SMILES string of the molecule is CC(C)(O)OC(=O)N1CCNC(=O)C1. The summed E-state index contributed by atoms with van der Waals surface area (Å²) in [7, 11) is 0. The Morgan fingerprint density at radius 1 is 1.64 bits per heavy atom. The Balaban J connectivity index is 2.48. The fourth-order valence-electron chi connectivity index (χ4n) is 1.07. The largest absolute Gasteiger partial charge is 0.418 e. The van der Waals surface area contributed by atoms with Crippen molar-refractivity contribution < 1.29 is 19.4 Å². The molecule has 0 aromatic heterocycles. The van der Waals surface area contributed by atoms with Gasteiger partial charge in [-0.1, -0.05) is 0 Å². The zero-order chi connectivity index (χ0) is 10.8. The average Bonchev–Trinajstić information content (AvgIpc) is 2.01. The Bertz CT molecular complexity index is 246. The Kier molecular flexibility index (Phi) is 2.95. The van der Waals surface area contributed by atoms with Crippen molar-refractivity contribution in [3.05, 3.63) is 0 Å². The minimum absolute atomic E-state index is 0.0189. The zero-order valence-corrected chi connectivity index (χ0v) is 8.24. The number of ether oxygens (including phenoxy) is 1. The second-order valence-corrected chi connectivity index (χ2v) is 3.59. The molecule has 0 bridgehead atoms. The Labute approximate surface area is 81.8 Å². The molecule has 1 fully saturated rings. The van der Waals surface area contributed by atoms with Gasteiger partial charge in [0.2, 0.25) is 11.7 Å². The fraction of sp³-hybridized carbons (Fsp3) is 0.750. The van der Waals surface area contributed by atoms with Crippen LogP contribution in [0.15, 0.2) is 0 Å². The van der Waals surface area contributed by atoms with Crippen LogP contribution in [0.4, 0.5) is 4.79 Å². The van der Waals surface area contributed by atoms with Crippen LogP contribution in [0, 0.1) is 0 Å². The van der Waals surface area contributed by atoms with Gasteiger partial charge >= 0.3 is 6.09 Å². The first-order valence-corrected chi connectivity index (χ1v) is 4.35. The van der Waals surface area contributed by atoms with Crippen LogP contribution in [0.1, 0.15) is 13.8 Å². The van der Waals surface area contributed by atoms with E-state index < -0.39 is 11.9 Å². The summed E-state index contributed by atoms with van der Waals surface area (Å²) in [5, 5.41) is 11.8. The van der Waals surface area contributed by atoms with Crippen LogP contribution in [0.25, 0.3) is 0 Å². The maximum atomic E-state index is 11.3. The Hall–Kier alpha value is -1.30. The molecular weight excluding hydrogens is 188 g/mol. The predicted molar refractivity (Wildman–Crippen MR) is 47.4 cm³/mol. The van der Waals surface area contributed by atoms with Crippen LogP contribution in [-0.4, -0.2) is 47.4 Å². The third-order valence-electron chi connectivity index (χ3n) is 1.63. The first kappa shape index (κ1) is 10.8. The summed E-state index contributed by atoms with van der Waals surface area (Å²) in [5.74, 6) is -1.73. The number of carbonyl (C=O) groups is 2. The molecule has 0 unspecified atom stereocenters. The van der Waals surface area contributed by atoms with E-state index in [2.05, 4.69) is 10.1 Å². The van der Waals surface area contributed by atoms with Crippen LogP contribution < -0.4 is 5.32 Å². The number of hydrogen-bond donors (Lipinski definition) is 2. The zero-order valence-electron chi connectivity index (χ0n) is 8.24. The van der Waals surface area contributed by atoms with Gasteiger partial charge in [0.05, 0.1) is 0 Å². The minimum Gasteiger partial charge on any atom is -0.418 e. The lowest BCUT2D eigenvalue weighted by Gasteiger charge is -2.28. The molecule has 0 aliphatic carbocycles. The summed E-state index contributed by atoms with van der Waals surface area (Å²) >= 11 is 0. The van der Waals surface area contributed by atoms with Crippen LogP contribution in [0.5, 0.6) is 0 Å². The molecule has 1 saturated heterocycles. The smallest absolute Gasteiger partial charge is 0.412 e. The average molecular weight is 202 g/mol. The monoisotopic (exact) mass is 202 g/mol. The molecule has 14 heavy (non-hydrogen) atoms. The molecule has 1 aliphatic rings. The van der Waals surface area contributed by atoms with Crippen molar-refractivity contribution in [2.75, 3.05) is 19.6 Å². The lowest BCUT2D eigenvalue weighted by molar-refractivity contribution is -0.143. The number of aliphatic hydroxyl groups is 1. The molecule has 6 nitrogen and oxygen atoms in total. The van der Waals surface area contributed by atoms with E-state index in [1.54, 1.807) is 0 Å². The molecule has 0 atom stereocenters. The second-order valence-electron chi connectivity index (χ2n) is 3.59. The summed E-state index contributed by atoms with van der Waals surface area (Å²) in [6, 6.07) is 0. The van der Waals surface area contributed by atoms with Gasteiger partial charge in [-0.25, -0.2) is 4.79 Å². The van der Waals surface area contributed by atoms with Crippen molar-refractivity contribution in [1.82, 2.24) is 10.2 Å². The molecule has 0 spiro atoms. The Morgan fingerprint density at radius 3 is 2.79 bits per heavy atom. The van der Waals surface area contributed by atoms with E-state index in [1.807, 2.05) is 0 Å². The van der Waals surface area contributed by atoms with E-state index in [-0.39, 0.29) is 12.5 Å². The maximum absolute atomic E-state index is 11.3. The van der Waals surface area contributed by atoms with Gasteiger partial charge in [0.15, 0.2) is 0 Å². The van der Waals surface area contributed by atoms with Crippen molar-refractivity contribution in [3.8, 4) is 0 Å². The van der Waals surface area contributed by atoms with Crippen molar-refractivity contribution in [1.29, 1.82) is 0 Å². The van der Waals surface area contributed by atoms with E-state index in [1.165, 1.54) is 18.7 Å².